The average molecular weight is 322 g/mol. The zero-order chi connectivity index (χ0) is 17.1. The van der Waals surface area contributed by atoms with Gasteiger partial charge in [0.05, 0.1) is 0 Å². The molecule has 24 heavy (non-hydrogen) atoms. The second-order valence-corrected chi connectivity index (χ2v) is 6.38. The summed E-state index contributed by atoms with van der Waals surface area (Å²) in [5, 5.41) is 2.90. The lowest BCUT2D eigenvalue weighted by Crippen LogP contribution is -2.36. The van der Waals surface area contributed by atoms with E-state index in [9.17, 15) is 9.59 Å². The highest BCUT2D eigenvalue weighted by atomic mass is 16.2. The first-order valence-corrected chi connectivity index (χ1v) is 8.26. The highest BCUT2D eigenvalue weighted by Crippen LogP contribution is 2.26. The van der Waals surface area contributed by atoms with Gasteiger partial charge >= 0.3 is 0 Å². The van der Waals surface area contributed by atoms with Crippen LogP contribution in [-0.2, 0) is 16.1 Å². The first kappa shape index (κ1) is 16.2. The van der Waals surface area contributed by atoms with Crippen molar-refractivity contribution in [2.75, 3.05) is 11.4 Å². The fourth-order valence-electron chi connectivity index (χ4n) is 3.11. The number of nitrogens with one attached hydrogen (secondary N) is 1. The molecular formula is C20H22N2O2. The zero-order valence-electron chi connectivity index (χ0n) is 14.1. The maximum atomic E-state index is 12.6. The minimum Gasteiger partial charge on any atom is -0.351 e. The molecule has 0 radical (unpaired) electrons. The Balaban J connectivity index is 1.63. The topological polar surface area (TPSA) is 49.4 Å². The monoisotopic (exact) mass is 322 g/mol. The summed E-state index contributed by atoms with van der Waals surface area (Å²) in [6, 6.07) is 15.8. The molecule has 1 fully saturated rings. The van der Waals surface area contributed by atoms with Crippen LogP contribution in [0.3, 0.4) is 0 Å². The molecule has 1 aliphatic heterocycles. The third kappa shape index (κ3) is 3.48. The quantitative estimate of drug-likeness (QED) is 0.880. The highest BCUT2D eigenvalue weighted by molar-refractivity contribution is 6.09. The van der Waals surface area contributed by atoms with Gasteiger partial charge < -0.3 is 10.2 Å². The number of anilines is 1. The molecular weight excluding hydrogens is 300 g/mol. The Bertz CT molecular complexity index is 770. The Hall–Kier alpha value is -2.62. The van der Waals surface area contributed by atoms with Gasteiger partial charge in [0.1, 0.15) is 5.92 Å². The Morgan fingerprint density at radius 3 is 2.54 bits per heavy atom. The second kappa shape index (κ2) is 6.87. The lowest BCUT2D eigenvalue weighted by molar-refractivity contribution is -0.132. The van der Waals surface area contributed by atoms with Crippen molar-refractivity contribution in [2.24, 2.45) is 5.92 Å². The lowest BCUT2D eigenvalue weighted by Gasteiger charge is -2.17. The van der Waals surface area contributed by atoms with Gasteiger partial charge in [-0.05, 0) is 43.5 Å². The molecule has 1 unspecified atom stereocenters. The average Bonchev–Trinajstić information content (AvgIpc) is 2.94. The summed E-state index contributed by atoms with van der Waals surface area (Å²) >= 11 is 0. The number of benzene rings is 2. The van der Waals surface area contributed by atoms with Crippen LogP contribution < -0.4 is 10.2 Å². The normalized spacial score (nSPS) is 17.2. The smallest absolute Gasteiger partial charge is 0.239 e. The van der Waals surface area contributed by atoms with Gasteiger partial charge in [0, 0.05) is 18.8 Å². The molecule has 3 rings (SSSR count). The van der Waals surface area contributed by atoms with Crippen molar-refractivity contribution in [1.82, 2.24) is 5.32 Å². The lowest BCUT2D eigenvalue weighted by atomic mass is 10.1. The highest BCUT2D eigenvalue weighted by Gasteiger charge is 2.37. The van der Waals surface area contributed by atoms with Crippen LogP contribution >= 0.6 is 0 Å². The molecule has 0 saturated carbocycles. The van der Waals surface area contributed by atoms with Gasteiger partial charge in [-0.2, -0.15) is 0 Å². The maximum Gasteiger partial charge on any atom is 0.239 e. The fourth-order valence-corrected chi connectivity index (χ4v) is 3.11. The minimum absolute atomic E-state index is 0.109. The number of aryl methyl sites for hydroxylation is 2. The Labute approximate surface area is 142 Å². The van der Waals surface area contributed by atoms with Crippen LogP contribution in [-0.4, -0.2) is 18.4 Å². The number of hydrogen-bond acceptors (Lipinski definition) is 2. The molecule has 4 nitrogen and oxygen atoms in total. The molecule has 0 aliphatic carbocycles. The summed E-state index contributed by atoms with van der Waals surface area (Å²) in [7, 11) is 0. The Morgan fingerprint density at radius 1 is 1.12 bits per heavy atom. The molecule has 2 amide bonds. The standard InChI is InChI=1S/C20H22N2O2/c1-14-5-3-7-16(11-14)13-21-19(23)18-9-10-22(20(18)24)17-8-4-6-15(2)12-17/h3-8,11-12,18H,9-10,13H2,1-2H3,(H,21,23). The molecule has 0 aromatic heterocycles. The number of carbonyl (C=O) groups is 2. The number of rotatable bonds is 4. The van der Waals surface area contributed by atoms with Crippen LogP contribution in [0.25, 0.3) is 0 Å². The van der Waals surface area contributed by atoms with E-state index in [0.717, 1.165) is 22.4 Å². The van der Waals surface area contributed by atoms with E-state index in [1.54, 1.807) is 4.90 Å². The summed E-state index contributed by atoms with van der Waals surface area (Å²) in [5.41, 5.74) is 4.18. The van der Waals surface area contributed by atoms with E-state index in [2.05, 4.69) is 5.32 Å². The van der Waals surface area contributed by atoms with Crippen molar-refractivity contribution >= 4 is 17.5 Å². The third-order valence-electron chi connectivity index (χ3n) is 4.38. The fraction of sp³-hybridized carbons (Fsp3) is 0.300. The number of hydrogen-bond donors (Lipinski definition) is 1. The largest absolute Gasteiger partial charge is 0.351 e. The number of amides is 2. The van der Waals surface area contributed by atoms with Gasteiger partial charge in [-0.1, -0.05) is 42.0 Å². The molecule has 1 atom stereocenters. The molecule has 4 heteroatoms. The number of carbonyl (C=O) groups excluding carboxylic acids is 2. The van der Waals surface area contributed by atoms with Crippen molar-refractivity contribution in [3.8, 4) is 0 Å². The van der Waals surface area contributed by atoms with E-state index >= 15 is 0 Å². The second-order valence-electron chi connectivity index (χ2n) is 6.38. The predicted molar refractivity (Wildman–Crippen MR) is 94.7 cm³/mol. The van der Waals surface area contributed by atoms with Crippen LogP contribution in [0, 0.1) is 19.8 Å². The molecule has 124 valence electrons. The van der Waals surface area contributed by atoms with Gasteiger partial charge in [0.25, 0.3) is 0 Å². The molecule has 1 heterocycles. The van der Waals surface area contributed by atoms with Gasteiger partial charge in [-0.25, -0.2) is 0 Å². The van der Waals surface area contributed by atoms with Gasteiger partial charge in [0.2, 0.25) is 11.8 Å². The molecule has 1 aliphatic rings. The molecule has 0 spiro atoms. The number of nitrogens with zero attached hydrogens (tertiary/aromatic N) is 1. The summed E-state index contributed by atoms with van der Waals surface area (Å²) in [4.78, 5) is 26.7. The summed E-state index contributed by atoms with van der Waals surface area (Å²) in [5.74, 6) is -0.880. The van der Waals surface area contributed by atoms with Crippen molar-refractivity contribution < 1.29 is 9.59 Å². The molecule has 2 aromatic carbocycles. The van der Waals surface area contributed by atoms with E-state index in [1.807, 2.05) is 62.4 Å². The van der Waals surface area contributed by atoms with Gasteiger partial charge in [-0.3, -0.25) is 9.59 Å². The van der Waals surface area contributed by atoms with Crippen LogP contribution in [0.4, 0.5) is 5.69 Å². The van der Waals surface area contributed by atoms with Crippen LogP contribution in [0.5, 0.6) is 0 Å². The van der Waals surface area contributed by atoms with Crippen molar-refractivity contribution in [3.05, 3.63) is 65.2 Å². The van der Waals surface area contributed by atoms with Crippen molar-refractivity contribution in [3.63, 3.8) is 0 Å². The van der Waals surface area contributed by atoms with Gasteiger partial charge in [-0.15, -0.1) is 0 Å². The third-order valence-corrected chi connectivity index (χ3v) is 4.38. The molecule has 1 N–H and O–H groups in total. The molecule has 2 aromatic rings. The van der Waals surface area contributed by atoms with Crippen LogP contribution in [0.15, 0.2) is 48.5 Å². The van der Waals surface area contributed by atoms with E-state index in [-0.39, 0.29) is 11.8 Å². The Morgan fingerprint density at radius 2 is 1.83 bits per heavy atom. The first-order chi connectivity index (χ1) is 11.5. The van der Waals surface area contributed by atoms with Crippen molar-refractivity contribution in [1.29, 1.82) is 0 Å². The Kier molecular flexibility index (Phi) is 4.65. The van der Waals surface area contributed by atoms with E-state index in [0.29, 0.717) is 19.5 Å². The first-order valence-electron chi connectivity index (χ1n) is 8.26. The summed E-state index contributed by atoms with van der Waals surface area (Å²) < 4.78 is 0. The van der Waals surface area contributed by atoms with Crippen LogP contribution in [0.2, 0.25) is 0 Å². The minimum atomic E-state index is -0.588. The van der Waals surface area contributed by atoms with Crippen LogP contribution in [0.1, 0.15) is 23.1 Å². The van der Waals surface area contributed by atoms with Gasteiger partial charge in [0.15, 0.2) is 0 Å². The summed E-state index contributed by atoms with van der Waals surface area (Å²) in [6.07, 6.45) is 0.562. The zero-order valence-corrected chi connectivity index (χ0v) is 14.1. The van der Waals surface area contributed by atoms with E-state index < -0.39 is 5.92 Å². The van der Waals surface area contributed by atoms with E-state index in [4.69, 9.17) is 0 Å². The maximum absolute atomic E-state index is 12.6. The van der Waals surface area contributed by atoms with E-state index in [1.165, 1.54) is 0 Å². The predicted octanol–water partition coefficient (Wildman–Crippen LogP) is 2.97. The molecule has 1 saturated heterocycles. The molecule has 0 bridgehead atoms. The SMILES string of the molecule is Cc1cccc(CNC(=O)C2CCN(c3cccc(C)c3)C2=O)c1. The van der Waals surface area contributed by atoms with Crippen molar-refractivity contribution in [2.45, 2.75) is 26.8 Å². The summed E-state index contributed by atoms with van der Waals surface area (Å²) in [6.45, 7) is 5.06.